The molecule has 0 atom stereocenters. The number of nitrogens with zero attached hydrogens (tertiary/aromatic N) is 4. The minimum Gasteiger partial charge on any atom is -0.311 e. The van der Waals surface area contributed by atoms with E-state index < -0.39 is 0 Å². The van der Waals surface area contributed by atoms with Crippen LogP contribution in [0.15, 0.2) is 158 Å². The maximum atomic E-state index is 2.59. The first-order valence-electron chi connectivity index (χ1n) is 26.1. The van der Waals surface area contributed by atoms with Crippen LogP contribution >= 0.6 is 0 Å². The number of anilines is 6. The van der Waals surface area contributed by atoms with E-state index in [9.17, 15) is 0 Å². The van der Waals surface area contributed by atoms with Crippen molar-refractivity contribution in [2.75, 3.05) is 9.80 Å². The highest BCUT2D eigenvalue weighted by atomic mass is 15.2. The molecule has 0 bridgehead atoms. The van der Waals surface area contributed by atoms with Crippen LogP contribution in [0.2, 0.25) is 0 Å². The Bertz CT molecular complexity index is 3720. The molecule has 0 aliphatic carbocycles. The van der Waals surface area contributed by atoms with Gasteiger partial charge in [-0.1, -0.05) is 174 Å². The quantitative estimate of drug-likeness (QED) is 0.0996. The van der Waals surface area contributed by atoms with E-state index in [1.54, 1.807) is 0 Å². The maximum Gasteiger partial charge on any atom is 0.295 e. The van der Waals surface area contributed by atoms with E-state index >= 15 is 0 Å². The Morgan fingerprint density at radius 2 is 0.917 bits per heavy atom. The molecule has 0 N–H and O–H groups in total. The van der Waals surface area contributed by atoms with E-state index in [2.05, 4.69) is 274 Å². The number of hydrogen-bond acceptors (Lipinski definition) is 2. The largest absolute Gasteiger partial charge is 0.311 e. The van der Waals surface area contributed by atoms with Gasteiger partial charge in [0.1, 0.15) is 5.52 Å². The first-order valence-corrected chi connectivity index (χ1v) is 26.1. The Balaban J connectivity index is 1.24. The molecule has 2 aliphatic rings. The van der Waals surface area contributed by atoms with Crippen LogP contribution in [0, 0.1) is 6.92 Å². The minimum absolute atomic E-state index is 0.0183. The van der Waals surface area contributed by atoms with Crippen LogP contribution in [-0.4, -0.2) is 11.1 Å². The molecule has 0 amide bonds. The third-order valence-corrected chi connectivity index (χ3v) is 16.2. The summed E-state index contributed by atoms with van der Waals surface area (Å²) in [7, 11) is 2.25. The van der Waals surface area contributed by atoms with Gasteiger partial charge in [0.15, 0.2) is 11.0 Å². The summed E-state index contributed by atoms with van der Waals surface area (Å²) < 4.78 is 4.99. The Labute approximate surface area is 427 Å². The van der Waals surface area contributed by atoms with Crippen molar-refractivity contribution in [3.05, 3.63) is 186 Å². The summed E-state index contributed by atoms with van der Waals surface area (Å²) in [6, 6.07) is 61.3. The van der Waals surface area contributed by atoms with Crippen LogP contribution in [0.4, 0.5) is 34.1 Å². The molecule has 0 radical (unpaired) electrons. The third kappa shape index (κ3) is 6.97. The normalized spacial score (nSPS) is 13.9. The van der Waals surface area contributed by atoms with Gasteiger partial charge >= 0.3 is 0 Å². The summed E-state index contributed by atoms with van der Waals surface area (Å²) in [6.07, 6.45) is 0. The standard InChI is InChI=1S/C67H68BN4/c1-41-19-17-22-51-50-20-15-16-23-54(50)72-62-49(21-18-24-57(62)69(14)63(72)60(41)51)42-37-58-61-59(38-42)71(48-33-27-44(28-34-48)65(5,6)7)56-36-30-46(67(11,12)13)40-53(56)68(61)52-39-45(66(8,9)10)29-35-55(52)70(58)47-31-25-43(26-32-47)64(2,3)4/h15-40H,1-14H3/q+1. The van der Waals surface area contributed by atoms with Gasteiger partial charge in [-0.15, -0.1) is 0 Å². The first-order chi connectivity index (χ1) is 34.1. The molecular weight excluding hydrogens is 872 g/mol. The van der Waals surface area contributed by atoms with Crippen LogP contribution < -0.4 is 30.8 Å². The lowest BCUT2D eigenvalue weighted by Gasteiger charge is -2.45. The molecule has 0 spiro atoms. The van der Waals surface area contributed by atoms with Gasteiger partial charge in [-0.25, -0.2) is 4.57 Å². The van der Waals surface area contributed by atoms with Gasteiger partial charge in [-0.3, -0.25) is 0 Å². The molecule has 8 aromatic carbocycles. The fraction of sp³-hybridized carbons (Fsp3) is 0.269. The fourth-order valence-electron chi connectivity index (χ4n) is 12.1. The summed E-state index contributed by atoms with van der Waals surface area (Å²) >= 11 is 0. The van der Waals surface area contributed by atoms with Crippen molar-refractivity contribution < 1.29 is 4.57 Å². The van der Waals surface area contributed by atoms with Gasteiger partial charge < -0.3 is 9.80 Å². The highest BCUT2D eigenvalue weighted by Gasteiger charge is 2.45. The van der Waals surface area contributed by atoms with Gasteiger partial charge in [-0.05, 0) is 145 Å². The average molecular weight is 940 g/mol. The lowest BCUT2D eigenvalue weighted by atomic mass is 9.33. The number of aromatic nitrogens is 2. The van der Waals surface area contributed by atoms with E-state index in [4.69, 9.17) is 0 Å². The predicted molar refractivity (Wildman–Crippen MR) is 310 cm³/mol. The van der Waals surface area contributed by atoms with Crippen molar-refractivity contribution in [3.8, 4) is 11.1 Å². The van der Waals surface area contributed by atoms with Crippen LogP contribution in [0.1, 0.15) is 111 Å². The fourth-order valence-corrected chi connectivity index (χ4v) is 12.1. The summed E-state index contributed by atoms with van der Waals surface area (Å²) in [5.41, 5.74) is 25.0. The van der Waals surface area contributed by atoms with E-state index in [0.717, 1.165) is 11.4 Å². The minimum atomic E-state index is -0.0460. The number of rotatable bonds is 3. The van der Waals surface area contributed by atoms with Crippen molar-refractivity contribution >= 4 is 95.6 Å². The lowest BCUT2D eigenvalue weighted by molar-refractivity contribution is -0.617. The molecule has 358 valence electrons. The van der Waals surface area contributed by atoms with Crippen LogP contribution in [0.5, 0.6) is 0 Å². The van der Waals surface area contributed by atoms with E-state index in [-0.39, 0.29) is 28.4 Å². The molecular formula is C67H68BN4+. The van der Waals surface area contributed by atoms with Crippen molar-refractivity contribution in [2.45, 2.75) is 112 Å². The summed E-state index contributed by atoms with van der Waals surface area (Å²) in [5.74, 6) is 0. The molecule has 4 nitrogen and oxygen atoms in total. The van der Waals surface area contributed by atoms with E-state index in [1.807, 2.05) is 0 Å². The van der Waals surface area contributed by atoms with Gasteiger partial charge in [0.05, 0.1) is 12.4 Å². The van der Waals surface area contributed by atoms with Crippen molar-refractivity contribution in [2.24, 2.45) is 7.05 Å². The number of hydrogen-bond donors (Lipinski definition) is 0. The Morgan fingerprint density at radius 1 is 0.444 bits per heavy atom. The van der Waals surface area contributed by atoms with Gasteiger partial charge in [0.2, 0.25) is 0 Å². The van der Waals surface area contributed by atoms with Crippen LogP contribution in [-0.2, 0) is 28.7 Å². The van der Waals surface area contributed by atoms with E-state index in [1.165, 1.54) is 116 Å². The van der Waals surface area contributed by atoms with Gasteiger partial charge in [0, 0.05) is 50.5 Å². The van der Waals surface area contributed by atoms with Gasteiger partial charge in [-0.2, -0.15) is 4.40 Å². The first kappa shape index (κ1) is 46.0. The topological polar surface area (TPSA) is 14.8 Å². The molecule has 10 aromatic rings. The maximum absolute atomic E-state index is 2.59. The molecule has 0 fully saturated rings. The van der Waals surface area contributed by atoms with Crippen molar-refractivity contribution in [1.82, 2.24) is 4.40 Å². The monoisotopic (exact) mass is 940 g/mol. The third-order valence-electron chi connectivity index (χ3n) is 16.2. The van der Waals surface area contributed by atoms with Crippen LogP contribution in [0.3, 0.4) is 0 Å². The van der Waals surface area contributed by atoms with Gasteiger partial charge in [0.25, 0.3) is 12.4 Å². The predicted octanol–water partition coefficient (Wildman–Crippen LogP) is 15.5. The highest BCUT2D eigenvalue weighted by molar-refractivity contribution is 7.00. The summed E-state index contributed by atoms with van der Waals surface area (Å²) in [4.78, 5) is 5.18. The molecule has 4 heterocycles. The number of benzene rings is 8. The second kappa shape index (κ2) is 15.7. The lowest BCUT2D eigenvalue weighted by Crippen LogP contribution is -2.61. The molecule has 5 heteroatoms. The zero-order chi connectivity index (χ0) is 50.6. The Kier molecular flexibility index (Phi) is 10.0. The SMILES string of the molecule is Cc1cccc2c3ccccc3n3c4c(-c5cc6c7c(c5)N(c5ccc(C(C)(C)C)cc5)c5ccc(C(C)(C)C)cc5B7c5cc(C(C)(C)C)ccc5N6c5ccc(C(C)(C)C)cc5)cccc4[n+](C)c3c12. The van der Waals surface area contributed by atoms with Crippen molar-refractivity contribution in [3.63, 3.8) is 0 Å². The number of para-hydroxylation sites is 2. The van der Waals surface area contributed by atoms with Crippen molar-refractivity contribution in [1.29, 1.82) is 0 Å². The zero-order valence-corrected chi connectivity index (χ0v) is 44.9. The summed E-state index contributed by atoms with van der Waals surface area (Å²) in [5, 5.41) is 3.83. The molecule has 12 rings (SSSR count). The second-order valence-electron chi connectivity index (χ2n) is 25.1. The highest BCUT2D eigenvalue weighted by Crippen LogP contribution is 2.48. The molecule has 0 saturated carbocycles. The smallest absolute Gasteiger partial charge is 0.295 e. The molecule has 2 aliphatic heterocycles. The molecule has 0 saturated heterocycles. The molecule has 0 unspecified atom stereocenters. The Hall–Kier alpha value is -7.11. The van der Waals surface area contributed by atoms with Crippen LogP contribution in [0.25, 0.3) is 49.5 Å². The molecule has 72 heavy (non-hydrogen) atoms. The summed E-state index contributed by atoms with van der Waals surface area (Å²) in [6.45, 7) is 30.2. The number of imidazole rings is 1. The number of aryl methyl sites for hydroxylation is 2. The second-order valence-corrected chi connectivity index (χ2v) is 25.1. The number of pyridine rings is 1. The van der Waals surface area contributed by atoms with E-state index in [0.29, 0.717) is 0 Å². The Morgan fingerprint density at radius 3 is 1.43 bits per heavy atom. The number of fused-ring (bicyclic) bond motifs is 12. The average Bonchev–Trinajstić information content (AvgIpc) is 3.64. The zero-order valence-electron chi connectivity index (χ0n) is 44.9. The molecule has 2 aromatic heterocycles.